The number of anilines is 1. The molecule has 3 aromatic heterocycles. The van der Waals surface area contributed by atoms with E-state index in [0.29, 0.717) is 27.1 Å². The first-order valence-corrected chi connectivity index (χ1v) is 13.8. The van der Waals surface area contributed by atoms with E-state index in [1.54, 1.807) is 6.07 Å². The van der Waals surface area contributed by atoms with E-state index < -0.39 is 42.5 Å². The number of rotatable bonds is 7. The average molecular weight is 595 g/mol. The molecule has 0 bridgehead atoms. The summed E-state index contributed by atoms with van der Waals surface area (Å²) >= 11 is 1.15. The van der Waals surface area contributed by atoms with Crippen molar-refractivity contribution in [1.82, 2.24) is 14.9 Å². The highest BCUT2D eigenvalue weighted by Crippen LogP contribution is 2.58. The van der Waals surface area contributed by atoms with Crippen molar-refractivity contribution in [2.45, 2.75) is 59.2 Å². The molecule has 7 nitrogen and oxygen atoms in total. The van der Waals surface area contributed by atoms with Gasteiger partial charge in [0.1, 0.15) is 5.69 Å². The fourth-order valence-electron chi connectivity index (χ4n) is 5.48. The number of alkyl halides is 5. The van der Waals surface area contributed by atoms with Crippen LogP contribution in [-0.4, -0.2) is 39.0 Å². The number of carbonyl (C=O) groups excluding carboxylic acids is 3. The van der Waals surface area contributed by atoms with E-state index in [1.807, 2.05) is 20.8 Å². The number of aryl methyl sites for hydroxylation is 1. The molecule has 0 radical (unpaired) electrons. The zero-order chi connectivity index (χ0) is 30.1. The van der Waals surface area contributed by atoms with Crippen molar-refractivity contribution in [3.8, 4) is 11.1 Å². The number of hydrogen-bond acceptors (Lipinski definition) is 6. The summed E-state index contributed by atoms with van der Waals surface area (Å²) in [5.74, 6) is -5.13. The van der Waals surface area contributed by atoms with Gasteiger partial charge in [0.05, 0.1) is 28.1 Å². The quantitative estimate of drug-likeness (QED) is 0.251. The summed E-state index contributed by atoms with van der Waals surface area (Å²) in [4.78, 5) is 47.2. The van der Waals surface area contributed by atoms with Crippen LogP contribution in [0, 0.1) is 30.1 Å². The molecular formula is C28H27F5N4O3S. The van der Waals surface area contributed by atoms with Crippen LogP contribution in [-0.2, 0) is 27.1 Å². The Kier molecular flexibility index (Phi) is 6.95. The summed E-state index contributed by atoms with van der Waals surface area (Å²) in [6.07, 6.45) is -4.20. The van der Waals surface area contributed by atoms with Crippen LogP contribution in [0.3, 0.4) is 0 Å². The van der Waals surface area contributed by atoms with Crippen LogP contribution < -0.4 is 5.32 Å². The lowest BCUT2D eigenvalue weighted by Gasteiger charge is -2.34. The summed E-state index contributed by atoms with van der Waals surface area (Å²) in [5, 5.41) is 2.54. The Morgan fingerprint density at radius 3 is 2.41 bits per heavy atom. The predicted octanol–water partition coefficient (Wildman–Crippen LogP) is 6.45. The van der Waals surface area contributed by atoms with Gasteiger partial charge in [0, 0.05) is 46.9 Å². The first kappa shape index (κ1) is 29.0. The first-order chi connectivity index (χ1) is 19.0. The Hall–Kier alpha value is -3.48. The first-order valence-electron chi connectivity index (χ1n) is 12.9. The molecule has 3 amide bonds. The summed E-state index contributed by atoms with van der Waals surface area (Å²) in [7, 11) is 0. The fraction of sp³-hybridized carbons (Fsp3) is 0.464. The third kappa shape index (κ3) is 5.31. The second-order valence-electron chi connectivity index (χ2n) is 11.4. The number of carbonyl (C=O) groups is 3. The minimum atomic E-state index is -4.79. The van der Waals surface area contributed by atoms with Crippen molar-refractivity contribution < 1.29 is 36.3 Å². The standard InChI is InChI=1S/C28H27F5N4O3S/c1-13-21(26(13,3)4)25(40)37(12-38)11-16-7-19-23(41-16)17(5-6-34-19)18-8-20(28(31,32)33)35-14(2)22(18)36-24(39)15-9-27(29,30)10-15/h5-8,12-13,15,21H,9-11H2,1-4H3,(H,36,39). The third-order valence-electron chi connectivity index (χ3n) is 8.32. The van der Waals surface area contributed by atoms with Crippen molar-refractivity contribution in [3.05, 3.63) is 40.7 Å². The molecule has 2 aliphatic rings. The summed E-state index contributed by atoms with van der Waals surface area (Å²) in [5.41, 5.74) is -0.831. The lowest BCUT2D eigenvalue weighted by molar-refractivity contribution is -0.145. The van der Waals surface area contributed by atoms with Crippen LogP contribution in [0.15, 0.2) is 24.4 Å². The molecule has 5 rings (SSSR count). The molecule has 2 fully saturated rings. The molecule has 0 aliphatic heterocycles. The molecule has 3 aromatic rings. The van der Waals surface area contributed by atoms with Crippen LogP contribution in [0.4, 0.5) is 27.6 Å². The SMILES string of the molecule is Cc1nc(C(F)(F)F)cc(-c2ccnc3cc(CN(C=O)C(=O)C4C(C)C4(C)C)sc23)c1NC(=O)C1CC(F)(F)C1. The number of aromatic nitrogens is 2. The van der Waals surface area contributed by atoms with E-state index >= 15 is 0 Å². The number of pyridine rings is 2. The van der Waals surface area contributed by atoms with Crippen molar-refractivity contribution in [2.24, 2.45) is 23.2 Å². The van der Waals surface area contributed by atoms with E-state index in [-0.39, 0.29) is 46.6 Å². The second kappa shape index (κ2) is 9.81. The highest BCUT2D eigenvalue weighted by Gasteiger charge is 2.59. The van der Waals surface area contributed by atoms with Gasteiger partial charge in [0.15, 0.2) is 0 Å². The van der Waals surface area contributed by atoms with Crippen LogP contribution in [0.2, 0.25) is 0 Å². The Morgan fingerprint density at radius 1 is 1.20 bits per heavy atom. The molecule has 0 saturated heterocycles. The number of halogens is 5. The van der Waals surface area contributed by atoms with Crippen molar-refractivity contribution in [2.75, 3.05) is 5.32 Å². The number of hydrogen-bond donors (Lipinski definition) is 1. The Balaban J connectivity index is 1.53. The molecule has 2 saturated carbocycles. The van der Waals surface area contributed by atoms with E-state index in [1.165, 1.54) is 19.2 Å². The molecule has 3 heterocycles. The number of thiophene rings is 1. The van der Waals surface area contributed by atoms with Crippen LogP contribution in [0.5, 0.6) is 0 Å². The number of nitrogens with one attached hydrogen (secondary N) is 1. The summed E-state index contributed by atoms with van der Waals surface area (Å²) in [6.45, 7) is 7.12. The van der Waals surface area contributed by atoms with E-state index in [9.17, 15) is 36.3 Å². The lowest BCUT2D eigenvalue weighted by atomic mass is 9.80. The van der Waals surface area contributed by atoms with Gasteiger partial charge in [-0.3, -0.25) is 24.3 Å². The molecule has 2 unspecified atom stereocenters. The van der Waals surface area contributed by atoms with Gasteiger partial charge in [-0.25, -0.2) is 13.8 Å². The van der Waals surface area contributed by atoms with Crippen molar-refractivity contribution in [3.63, 3.8) is 0 Å². The molecule has 2 aliphatic carbocycles. The molecule has 41 heavy (non-hydrogen) atoms. The Morgan fingerprint density at radius 2 is 1.85 bits per heavy atom. The van der Waals surface area contributed by atoms with Gasteiger partial charge in [-0.2, -0.15) is 13.2 Å². The van der Waals surface area contributed by atoms with Gasteiger partial charge in [0.2, 0.25) is 24.1 Å². The van der Waals surface area contributed by atoms with Crippen molar-refractivity contribution >= 4 is 45.5 Å². The molecular weight excluding hydrogens is 567 g/mol. The zero-order valence-corrected chi connectivity index (χ0v) is 23.4. The zero-order valence-electron chi connectivity index (χ0n) is 22.6. The minimum Gasteiger partial charge on any atom is -0.324 e. The van der Waals surface area contributed by atoms with Crippen LogP contribution >= 0.6 is 11.3 Å². The van der Waals surface area contributed by atoms with E-state index in [4.69, 9.17) is 0 Å². The summed E-state index contributed by atoms with van der Waals surface area (Å²) in [6, 6.07) is 3.95. The normalized spacial score (nSPS) is 21.3. The predicted molar refractivity (Wildman–Crippen MR) is 142 cm³/mol. The third-order valence-corrected chi connectivity index (χ3v) is 9.46. The lowest BCUT2D eigenvalue weighted by Crippen LogP contribution is -2.42. The highest BCUT2D eigenvalue weighted by molar-refractivity contribution is 7.19. The number of imide groups is 1. The number of fused-ring (bicyclic) bond motifs is 1. The molecule has 0 spiro atoms. The monoisotopic (exact) mass is 594 g/mol. The fourth-order valence-corrected chi connectivity index (χ4v) is 6.62. The second-order valence-corrected chi connectivity index (χ2v) is 12.5. The molecule has 0 aromatic carbocycles. The molecule has 2 atom stereocenters. The van der Waals surface area contributed by atoms with Gasteiger partial charge >= 0.3 is 6.18 Å². The van der Waals surface area contributed by atoms with E-state index in [2.05, 4.69) is 15.3 Å². The number of amides is 3. The molecule has 1 N–H and O–H groups in total. The van der Waals surface area contributed by atoms with Crippen LogP contribution in [0.1, 0.15) is 49.9 Å². The number of nitrogens with zero attached hydrogens (tertiary/aromatic N) is 3. The molecule has 218 valence electrons. The maximum Gasteiger partial charge on any atom is 0.433 e. The summed E-state index contributed by atoms with van der Waals surface area (Å²) < 4.78 is 68.5. The average Bonchev–Trinajstić information content (AvgIpc) is 3.17. The van der Waals surface area contributed by atoms with E-state index in [0.717, 1.165) is 22.3 Å². The van der Waals surface area contributed by atoms with Gasteiger partial charge in [0.25, 0.3) is 0 Å². The van der Waals surface area contributed by atoms with Crippen molar-refractivity contribution in [1.29, 1.82) is 0 Å². The Labute approximate surface area is 236 Å². The van der Waals surface area contributed by atoms with Gasteiger partial charge in [-0.1, -0.05) is 20.8 Å². The largest absolute Gasteiger partial charge is 0.433 e. The molecule has 13 heteroatoms. The van der Waals surface area contributed by atoms with Gasteiger partial charge < -0.3 is 5.32 Å². The highest BCUT2D eigenvalue weighted by atomic mass is 32.1. The minimum absolute atomic E-state index is 0.00179. The maximum absolute atomic E-state index is 13.8. The topological polar surface area (TPSA) is 92.3 Å². The van der Waals surface area contributed by atoms with Crippen LogP contribution in [0.25, 0.3) is 21.3 Å². The van der Waals surface area contributed by atoms with Gasteiger partial charge in [-0.05, 0) is 36.5 Å². The van der Waals surface area contributed by atoms with Gasteiger partial charge in [-0.15, -0.1) is 11.3 Å². The maximum atomic E-state index is 13.8. The Bertz CT molecular complexity index is 1560. The smallest absolute Gasteiger partial charge is 0.324 e.